The van der Waals surface area contributed by atoms with Crippen LogP contribution in [0.25, 0.3) is 16.5 Å². The van der Waals surface area contributed by atoms with Gasteiger partial charge >= 0.3 is 0 Å². The Morgan fingerprint density at radius 2 is 1.67 bits per heavy atom. The van der Waals surface area contributed by atoms with Crippen molar-refractivity contribution in [1.29, 1.82) is 0 Å². The van der Waals surface area contributed by atoms with Crippen molar-refractivity contribution >= 4 is 40.1 Å². The number of imide groups is 1. The second-order valence-electron chi connectivity index (χ2n) is 8.03. The number of para-hydroxylation sites is 1. The quantitative estimate of drug-likeness (QED) is 0.532. The molecule has 1 aliphatic rings. The van der Waals surface area contributed by atoms with Gasteiger partial charge in [-0.2, -0.15) is 0 Å². The molecule has 0 saturated heterocycles. The zero-order chi connectivity index (χ0) is 21.4. The van der Waals surface area contributed by atoms with Crippen LogP contribution in [-0.4, -0.2) is 33.1 Å². The van der Waals surface area contributed by atoms with Gasteiger partial charge in [0.15, 0.2) is 0 Å². The van der Waals surface area contributed by atoms with Gasteiger partial charge in [0.05, 0.1) is 10.5 Å². The molecule has 2 aromatic carbocycles. The van der Waals surface area contributed by atoms with E-state index in [0.717, 1.165) is 22.2 Å². The Kier molecular flexibility index (Phi) is 5.56. The fraction of sp³-hybridized carbons (Fsp3) is 0.280. The molecule has 0 radical (unpaired) electrons. The topological polar surface area (TPSA) is 42.3 Å². The molecule has 3 aromatic rings. The van der Waals surface area contributed by atoms with Crippen LogP contribution >= 0.6 is 11.8 Å². The molecule has 0 aliphatic carbocycles. The standard InChI is InChI=1S/C25H26N2O2S/c1-16(2)30-23-22(18-11-9-17(3)10-12-18)24(28)27(25(23)29)14-13-19-15-26(4)21-8-6-5-7-20(19)21/h5-12,15-16H,13-14H2,1-4H3. The van der Waals surface area contributed by atoms with E-state index in [1.165, 1.54) is 22.0 Å². The van der Waals surface area contributed by atoms with Crippen molar-refractivity contribution in [2.45, 2.75) is 32.4 Å². The monoisotopic (exact) mass is 418 g/mol. The first kappa shape index (κ1) is 20.5. The second kappa shape index (κ2) is 8.15. The highest BCUT2D eigenvalue weighted by Gasteiger charge is 2.39. The van der Waals surface area contributed by atoms with E-state index in [1.807, 2.05) is 64.2 Å². The van der Waals surface area contributed by atoms with Gasteiger partial charge in [-0.15, -0.1) is 11.8 Å². The Hall–Kier alpha value is -2.79. The minimum Gasteiger partial charge on any atom is -0.350 e. The van der Waals surface area contributed by atoms with Gasteiger partial charge in [0, 0.05) is 35.9 Å². The minimum absolute atomic E-state index is 0.172. The fourth-order valence-electron chi connectivity index (χ4n) is 3.93. The third-order valence-electron chi connectivity index (χ3n) is 5.40. The lowest BCUT2D eigenvalue weighted by atomic mass is 10.0. The predicted molar refractivity (Wildman–Crippen MR) is 124 cm³/mol. The van der Waals surface area contributed by atoms with Gasteiger partial charge in [-0.3, -0.25) is 14.5 Å². The molecule has 0 spiro atoms. The number of hydrogen-bond acceptors (Lipinski definition) is 3. The van der Waals surface area contributed by atoms with Crippen molar-refractivity contribution in [3.8, 4) is 0 Å². The van der Waals surface area contributed by atoms with E-state index in [0.29, 0.717) is 23.4 Å². The molecule has 30 heavy (non-hydrogen) atoms. The zero-order valence-corrected chi connectivity index (χ0v) is 18.6. The van der Waals surface area contributed by atoms with E-state index in [-0.39, 0.29) is 17.1 Å². The van der Waals surface area contributed by atoms with Crippen LogP contribution in [0.5, 0.6) is 0 Å². The van der Waals surface area contributed by atoms with E-state index in [2.05, 4.69) is 22.9 Å². The molecular weight excluding hydrogens is 392 g/mol. The predicted octanol–water partition coefficient (Wildman–Crippen LogP) is 4.95. The average molecular weight is 419 g/mol. The maximum Gasteiger partial charge on any atom is 0.268 e. The zero-order valence-electron chi connectivity index (χ0n) is 17.8. The molecule has 0 fully saturated rings. The summed E-state index contributed by atoms with van der Waals surface area (Å²) in [5.74, 6) is -0.359. The van der Waals surface area contributed by atoms with E-state index in [1.54, 1.807) is 0 Å². The summed E-state index contributed by atoms with van der Waals surface area (Å²) in [5.41, 5.74) is 4.78. The van der Waals surface area contributed by atoms with Crippen molar-refractivity contribution in [2.75, 3.05) is 6.54 Å². The highest BCUT2D eigenvalue weighted by Crippen LogP contribution is 2.38. The van der Waals surface area contributed by atoms with Gasteiger partial charge in [0.2, 0.25) is 0 Å². The van der Waals surface area contributed by atoms with Gasteiger partial charge in [0.25, 0.3) is 11.8 Å². The first-order chi connectivity index (χ1) is 14.4. The summed E-state index contributed by atoms with van der Waals surface area (Å²) in [6.07, 6.45) is 2.73. The van der Waals surface area contributed by atoms with Crippen molar-refractivity contribution in [3.05, 3.63) is 76.3 Å². The molecular formula is C25H26N2O2S. The summed E-state index contributed by atoms with van der Waals surface area (Å²) in [4.78, 5) is 28.5. The SMILES string of the molecule is Cc1ccc(C2=C(SC(C)C)C(=O)N(CCc3cn(C)c4ccccc34)C2=O)cc1. The summed E-state index contributed by atoms with van der Waals surface area (Å²) in [7, 11) is 2.02. The van der Waals surface area contributed by atoms with Crippen LogP contribution in [-0.2, 0) is 23.1 Å². The number of hydrogen-bond donors (Lipinski definition) is 0. The fourth-order valence-corrected chi connectivity index (χ4v) is 4.94. The molecule has 0 atom stereocenters. The van der Waals surface area contributed by atoms with E-state index in [9.17, 15) is 9.59 Å². The van der Waals surface area contributed by atoms with Crippen molar-refractivity contribution < 1.29 is 9.59 Å². The van der Waals surface area contributed by atoms with Crippen LogP contribution in [0.4, 0.5) is 0 Å². The van der Waals surface area contributed by atoms with Crippen molar-refractivity contribution in [1.82, 2.24) is 9.47 Å². The number of fused-ring (bicyclic) bond motifs is 1. The molecule has 0 bridgehead atoms. The highest BCUT2D eigenvalue weighted by molar-refractivity contribution is 8.04. The van der Waals surface area contributed by atoms with Gasteiger partial charge in [-0.25, -0.2) is 0 Å². The molecule has 0 saturated carbocycles. The van der Waals surface area contributed by atoms with E-state index < -0.39 is 0 Å². The summed E-state index contributed by atoms with van der Waals surface area (Å²) in [5, 5.41) is 1.39. The first-order valence-corrected chi connectivity index (χ1v) is 11.1. The van der Waals surface area contributed by atoms with Gasteiger partial charge in [-0.05, 0) is 30.5 Å². The summed E-state index contributed by atoms with van der Waals surface area (Å²) in [6, 6.07) is 16.1. The van der Waals surface area contributed by atoms with Crippen LogP contribution in [0.1, 0.15) is 30.5 Å². The molecule has 4 rings (SSSR count). The lowest BCUT2D eigenvalue weighted by molar-refractivity contribution is -0.136. The summed E-state index contributed by atoms with van der Waals surface area (Å²) < 4.78 is 2.09. The van der Waals surface area contributed by atoms with Crippen LogP contribution in [0.2, 0.25) is 0 Å². The number of nitrogens with zero attached hydrogens (tertiary/aromatic N) is 2. The van der Waals surface area contributed by atoms with Crippen LogP contribution in [0.15, 0.2) is 59.6 Å². The number of benzene rings is 2. The largest absolute Gasteiger partial charge is 0.350 e. The molecule has 0 N–H and O–H groups in total. The summed E-state index contributed by atoms with van der Waals surface area (Å²) >= 11 is 1.48. The average Bonchev–Trinajstić information content (AvgIpc) is 3.15. The van der Waals surface area contributed by atoms with Crippen LogP contribution < -0.4 is 0 Å². The lowest BCUT2D eigenvalue weighted by Gasteiger charge is -2.15. The molecule has 4 nitrogen and oxygen atoms in total. The van der Waals surface area contributed by atoms with E-state index in [4.69, 9.17) is 0 Å². The van der Waals surface area contributed by atoms with E-state index >= 15 is 0 Å². The molecule has 1 aliphatic heterocycles. The summed E-state index contributed by atoms with van der Waals surface area (Å²) in [6.45, 7) is 6.48. The Morgan fingerprint density at radius 3 is 2.37 bits per heavy atom. The molecule has 5 heteroatoms. The highest BCUT2D eigenvalue weighted by atomic mass is 32.2. The van der Waals surface area contributed by atoms with Gasteiger partial charge in [-0.1, -0.05) is 61.9 Å². The number of carbonyl (C=O) groups excluding carboxylic acids is 2. The van der Waals surface area contributed by atoms with Crippen molar-refractivity contribution in [3.63, 3.8) is 0 Å². The van der Waals surface area contributed by atoms with Gasteiger partial charge in [0.1, 0.15) is 0 Å². The number of rotatable bonds is 6. The third kappa shape index (κ3) is 3.70. The van der Waals surface area contributed by atoms with Crippen LogP contribution in [0.3, 0.4) is 0 Å². The molecule has 0 unspecified atom stereocenters. The number of aryl methyl sites for hydroxylation is 2. The minimum atomic E-state index is -0.188. The van der Waals surface area contributed by atoms with Crippen molar-refractivity contribution in [2.24, 2.45) is 7.05 Å². The maximum absolute atomic E-state index is 13.3. The number of amides is 2. The lowest BCUT2D eigenvalue weighted by Crippen LogP contribution is -2.33. The smallest absolute Gasteiger partial charge is 0.268 e. The Morgan fingerprint density at radius 1 is 0.967 bits per heavy atom. The second-order valence-corrected chi connectivity index (χ2v) is 9.62. The molecule has 2 amide bonds. The number of thioether (sulfide) groups is 1. The normalized spacial score (nSPS) is 14.6. The molecule has 2 heterocycles. The molecule has 154 valence electrons. The Bertz CT molecular complexity index is 1160. The number of carbonyl (C=O) groups is 2. The maximum atomic E-state index is 13.3. The Labute approximate surface area is 181 Å². The third-order valence-corrected chi connectivity index (χ3v) is 6.49. The number of aromatic nitrogens is 1. The van der Waals surface area contributed by atoms with Crippen LogP contribution in [0, 0.1) is 6.92 Å². The Balaban J connectivity index is 1.63. The molecule has 1 aromatic heterocycles. The first-order valence-electron chi connectivity index (χ1n) is 10.2. The van der Waals surface area contributed by atoms with Gasteiger partial charge < -0.3 is 4.57 Å².